The fourth-order valence-electron chi connectivity index (χ4n) is 2.76. The minimum Gasteiger partial charge on any atom is -0.481 e. The van der Waals surface area contributed by atoms with Gasteiger partial charge < -0.3 is 9.84 Å². The lowest BCUT2D eigenvalue weighted by molar-refractivity contribution is -0.144. The molecule has 0 aliphatic heterocycles. The smallest absolute Gasteiger partial charge is 0.305 e. The van der Waals surface area contributed by atoms with E-state index < -0.39 is 5.97 Å². The monoisotopic (exact) mass is 328 g/mol. The Kier molecular flexibility index (Phi) is 15.1. The molecule has 0 atom stereocenters. The molecule has 4 heteroatoms. The van der Waals surface area contributed by atoms with Crippen molar-refractivity contribution in [2.75, 3.05) is 6.61 Å². The molecule has 1 N–H and O–H groups in total. The quantitative estimate of drug-likeness (QED) is 0.307. The Balaban J connectivity index is 3.80. The van der Waals surface area contributed by atoms with Gasteiger partial charge in [-0.1, -0.05) is 65.2 Å². The summed E-state index contributed by atoms with van der Waals surface area (Å²) in [6.45, 7) is 4.96. The third kappa shape index (κ3) is 15.6. The second kappa shape index (κ2) is 15.8. The van der Waals surface area contributed by atoms with E-state index in [9.17, 15) is 9.59 Å². The van der Waals surface area contributed by atoms with Crippen molar-refractivity contribution in [3.05, 3.63) is 0 Å². The van der Waals surface area contributed by atoms with E-state index in [0.29, 0.717) is 31.8 Å². The molecule has 0 aromatic carbocycles. The van der Waals surface area contributed by atoms with E-state index in [2.05, 4.69) is 13.8 Å². The molecule has 0 amide bonds. The minimum absolute atomic E-state index is 0.129. The molecule has 0 bridgehead atoms. The standard InChI is InChI=1S/C19H36O4/c1-3-5-7-11-17(12-8-6-4-2)15-16-23-19(22)14-10-9-13-18(20)21/h17H,3-16H2,1-2H3,(H,20,21). The minimum atomic E-state index is -0.805. The fourth-order valence-corrected chi connectivity index (χ4v) is 2.76. The highest BCUT2D eigenvalue weighted by Gasteiger charge is 2.10. The van der Waals surface area contributed by atoms with Gasteiger partial charge in [-0.25, -0.2) is 0 Å². The molecule has 0 aliphatic carbocycles. The molecular formula is C19H36O4. The first-order chi connectivity index (χ1) is 11.1. The molecular weight excluding hydrogens is 292 g/mol. The maximum absolute atomic E-state index is 11.6. The van der Waals surface area contributed by atoms with E-state index in [0.717, 1.165) is 6.42 Å². The number of hydrogen-bond acceptors (Lipinski definition) is 3. The summed E-state index contributed by atoms with van der Waals surface area (Å²) in [6.07, 6.45) is 12.7. The van der Waals surface area contributed by atoms with Crippen LogP contribution >= 0.6 is 0 Å². The molecule has 0 saturated carbocycles. The number of carboxylic acid groups (broad SMARTS) is 1. The second-order valence-electron chi connectivity index (χ2n) is 6.47. The lowest BCUT2D eigenvalue weighted by Gasteiger charge is -2.16. The average molecular weight is 328 g/mol. The van der Waals surface area contributed by atoms with Crippen LogP contribution in [-0.4, -0.2) is 23.7 Å². The molecule has 0 heterocycles. The van der Waals surface area contributed by atoms with Crippen molar-refractivity contribution in [2.45, 2.75) is 97.3 Å². The number of carbonyl (C=O) groups excluding carboxylic acids is 1. The van der Waals surface area contributed by atoms with Gasteiger partial charge in [0.1, 0.15) is 0 Å². The van der Waals surface area contributed by atoms with Crippen LogP contribution < -0.4 is 0 Å². The van der Waals surface area contributed by atoms with Crippen LogP contribution in [0.2, 0.25) is 0 Å². The third-order valence-corrected chi connectivity index (χ3v) is 4.24. The second-order valence-corrected chi connectivity index (χ2v) is 6.47. The topological polar surface area (TPSA) is 63.6 Å². The first kappa shape index (κ1) is 21.9. The Morgan fingerprint density at radius 2 is 1.39 bits per heavy atom. The van der Waals surface area contributed by atoms with E-state index >= 15 is 0 Å². The van der Waals surface area contributed by atoms with Crippen LogP contribution in [0.25, 0.3) is 0 Å². The summed E-state index contributed by atoms with van der Waals surface area (Å²) >= 11 is 0. The van der Waals surface area contributed by atoms with Crippen LogP contribution in [-0.2, 0) is 14.3 Å². The maximum atomic E-state index is 11.6. The van der Waals surface area contributed by atoms with Crippen LogP contribution in [0.15, 0.2) is 0 Å². The molecule has 0 aromatic heterocycles. The SMILES string of the molecule is CCCCCC(CCCCC)CCOC(=O)CCCCC(=O)O. The van der Waals surface area contributed by atoms with Crippen molar-refractivity contribution in [1.82, 2.24) is 0 Å². The van der Waals surface area contributed by atoms with Gasteiger partial charge in [-0.3, -0.25) is 9.59 Å². The van der Waals surface area contributed by atoms with Gasteiger partial charge in [0.25, 0.3) is 0 Å². The Hall–Kier alpha value is -1.06. The van der Waals surface area contributed by atoms with Gasteiger partial charge in [-0.15, -0.1) is 0 Å². The summed E-state index contributed by atoms with van der Waals surface area (Å²) in [5.74, 6) is -0.315. The van der Waals surface area contributed by atoms with Crippen molar-refractivity contribution in [3.63, 3.8) is 0 Å². The zero-order valence-electron chi connectivity index (χ0n) is 15.1. The van der Waals surface area contributed by atoms with Crippen LogP contribution in [0.4, 0.5) is 0 Å². The fraction of sp³-hybridized carbons (Fsp3) is 0.895. The number of rotatable bonds is 16. The summed E-state index contributed by atoms with van der Waals surface area (Å²) in [5, 5.41) is 8.54. The number of aliphatic carboxylic acids is 1. The van der Waals surface area contributed by atoms with Gasteiger partial charge in [-0.2, -0.15) is 0 Å². The number of carbonyl (C=O) groups is 2. The van der Waals surface area contributed by atoms with E-state index in [1.807, 2.05) is 0 Å². The van der Waals surface area contributed by atoms with Crippen LogP contribution in [0, 0.1) is 5.92 Å². The lowest BCUT2D eigenvalue weighted by atomic mass is 9.92. The molecule has 0 aromatic rings. The molecule has 0 saturated heterocycles. The van der Waals surface area contributed by atoms with Crippen LogP contribution in [0.5, 0.6) is 0 Å². The predicted molar refractivity (Wildman–Crippen MR) is 93.5 cm³/mol. The molecule has 4 nitrogen and oxygen atoms in total. The summed E-state index contributed by atoms with van der Waals surface area (Å²) in [5.41, 5.74) is 0. The number of unbranched alkanes of at least 4 members (excludes halogenated alkanes) is 5. The maximum Gasteiger partial charge on any atom is 0.305 e. The molecule has 0 rings (SSSR count). The largest absolute Gasteiger partial charge is 0.481 e. The highest BCUT2D eigenvalue weighted by molar-refractivity contribution is 5.69. The van der Waals surface area contributed by atoms with Crippen molar-refractivity contribution in [2.24, 2.45) is 5.92 Å². The van der Waals surface area contributed by atoms with E-state index in [1.54, 1.807) is 0 Å². The van der Waals surface area contributed by atoms with E-state index in [-0.39, 0.29) is 12.4 Å². The Morgan fingerprint density at radius 3 is 1.91 bits per heavy atom. The zero-order chi connectivity index (χ0) is 17.3. The number of hydrogen-bond donors (Lipinski definition) is 1. The Bertz CT molecular complexity index is 292. The molecule has 0 radical (unpaired) electrons. The Labute approximate surface area is 142 Å². The summed E-state index contributed by atoms with van der Waals surface area (Å²) in [6, 6.07) is 0. The number of esters is 1. The van der Waals surface area contributed by atoms with Crippen LogP contribution in [0.1, 0.15) is 97.3 Å². The lowest BCUT2D eigenvalue weighted by Crippen LogP contribution is -2.10. The Morgan fingerprint density at radius 1 is 0.826 bits per heavy atom. The van der Waals surface area contributed by atoms with Gasteiger partial charge in [0.2, 0.25) is 0 Å². The van der Waals surface area contributed by atoms with Gasteiger partial charge in [0.15, 0.2) is 0 Å². The average Bonchev–Trinajstić information content (AvgIpc) is 2.51. The third-order valence-electron chi connectivity index (χ3n) is 4.24. The van der Waals surface area contributed by atoms with Crippen molar-refractivity contribution < 1.29 is 19.4 Å². The highest BCUT2D eigenvalue weighted by atomic mass is 16.5. The molecule has 0 aliphatic rings. The van der Waals surface area contributed by atoms with Gasteiger partial charge in [-0.05, 0) is 25.2 Å². The first-order valence-electron chi connectivity index (χ1n) is 9.47. The van der Waals surface area contributed by atoms with Crippen molar-refractivity contribution in [3.8, 4) is 0 Å². The zero-order valence-corrected chi connectivity index (χ0v) is 15.1. The number of carboxylic acids is 1. The summed E-state index contributed by atoms with van der Waals surface area (Å²) in [4.78, 5) is 22.0. The van der Waals surface area contributed by atoms with Gasteiger partial charge in [0, 0.05) is 12.8 Å². The predicted octanol–water partition coefficient (Wildman–Crippen LogP) is 5.34. The summed E-state index contributed by atoms with van der Waals surface area (Å²) in [7, 11) is 0. The van der Waals surface area contributed by atoms with Gasteiger partial charge >= 0.3 is 11.9 Å². The highest BCUT2D eigenvalue weighted by Crippen LogP contribution is 2.21. The first-order valence-corrected chi connectivity index (χ1v) is 9.47. The van der Waals surface area contributed by atoms with E-state index in [1.165, 1.54) is 51.4 Å². The van der Waals surface area contributed by atoms with Gasteiger partial charge in [0.05, 0.1) is 6.61 Å². The molecule has 0 spiro atoms. The van der Waals surface area contributed by atoms with Crippen molar-refractivity contribution >= 4 is 11.9 Å². The molecule has 0 unspecified atom stereocenters. The number of ether oxygens (including phenoxy) is 1. The molecule has 0 fully saturated rings. The van der Waals surface area contributed by atoms with Crippen molar-refractivity contribution in [1.29, 1.82) is 0 Å². The normalized spacial score (nSPS) is 10.9. The molecule has 136 valence electrons. The molecule has 23 heavy (non-hydrogen) atoms. The van der Waals surface area contributed by atoms with Crippen LogP contribution in [0.3, 0.4) is 0 Å². The van der Waals surface area contributed by atoms with E-state index in [4.69, 9.17) is 9.84 Å². The summed E-state index contributed by atoms with van der Waals surface area (Å²) < 4.78 is 5.31.